The van der Waals surface area contributed by atoms with E-state index in [-0.39, 0.29) is 0 Å². The summed E-state index contributed by atoms with van der Waals surface area (Å²) in [5.74, 6) is 0. The van der Waals surface area contributed by atoms with Crippen LogP contribution in [-0.2, 0) is 27.8 Å². The Morgan fingerprint density at radius 2 is 0.760 bits per heavy atom. The molecule has 0 aliphatic carbocycles. The van der Waals surface area contributed by atoms with Crippen molar-refractivity contribution in [2.45, 2.75) is 59.3 Å². The van der Waals surface area contributed by atoms with E-state index in [0.717, 1.165) is 58.3 Å². The average Bonchev–Trinajstić information content (AvgIpc) is 2.63. The Morgan fingerprint density at radius 3 is 1.04 bits per heavy atom. The molecule has 0 aromatic rings. The van der Waals surface area contributed by atoms with Gasteiger partial charge in [0.05, 0.1) is 39.6 Å². The van der Waals surface area contributed by atoms with E-state index in [0.29, 0.717) is 39.6 Å². The lowest BCUT2D eigenvalue weighted by Crippen LogP contribution is -2.10. The molecule has 0 radical (unpaired) electrons. The minimum Gasteiger partial charge on any atom is -0.379 e. The zero-order valence-corrected chi connectivity index (χ0v) is 17.4. The van der Waals surface area contributed by atoms with E-state index >= 15 is 0 Å². The first-order valence-electron chi connectivity index (χ1n) is 9.77. The van der Waals surface area contributed by atoms with Gasteiger partial charge in [-0.1, -0.05) is 40.0 Å². The zero-order chi connectivity index (χ0) is 18.4. The van der Waals surface area contributed by atoms with Gasteiger partial charge in [-0.2, -0.15) is 0 Å². The number of hydrogen-bond donors (Lipinski definition) is 0. The molecule has 0 amide bonds. The average molecular weight is 382 g/mol. The van der Waals surface area contributed by atoms with Gasteiger partial charge in [0, 0.05) is 19.8 Å². The van der Waals surface area contributed by atoms with Crippen molar-refractivity contribution in [3.63, 3.8) is 0 Å². The second-order valence-corrected chi connectivity index (χ2v) is 6.84. The smallest absolute Gasteiger partial charge is 0.332 e. The molecule has 0 N–H and O–H groups in total. The van der Waals surface area contributed by atoms with E-state index in [2.05, 4.69) is 20.8 Å². The van der Waals surface area contributed by atoms with Crippen LogP contribution in [0, 0.1) is 0 Å². The largest absolute Gasteiger partial charge is 0.379 e. The van der Waals surface area contributed by atoms with E-state index in [4.69, 9.17) is 27.8 Å². The van der Waals surface area contributed by atoms with Crippen molar-refractivity contribution in [1.82, 2.24) is 0 Å². The van der Waals surface area contributed by atoms with Gasteiger partial charge in [0.2, 0.25) is 0 Å². The second-order valence-electron chi connectivity index (χ2n) is 5.62. The van der Waals surface area contributed by atoms with Crippen LogP contribution >= 0.6 is 8.60 Å². The van der Waals surface area contributed by atoms with Crippen molar-refractivity contribution in [3.8, 4) is 0 Å². The van der Waals surface area contributed by atoms with Crippen LogP contribution in [0.25, 0.3) is 0 Å². The molecule has 0 saturated carbocycles. The van der Waals surface area contributed by atoms with Crippen molar-refractivity contribution < 1.29 is 27.8 Å². The molecule has 0 rings (SSSR count). The standard InChI is InChI=1S/C18H39O6P/c1-4-7-10-19-13-16-22-25(23-17-14-20-11-8-5-2)24-18-15-21-12-9-6-3/h4-18H2,1-3H3. The van der Waals surface area contributed by atoms with E-state index in [1.165, 1.54) is 0 Å². The van der Waals surface area contributed by atoms with E-state index in [9.17, 15) is 0 Å². The first kappa shape index (κ1) is 25.2. The number of hydrogen-bond acceptors (Lipinski definition) is 6. The Morgan fingerprint density at radius 1 is 0.440 bits per heavy atom. The highest BCUT2D eigenvalue weighted by Crippen LogP contribution is 2.39. The summed E-state index contributed by atoms with van der Waals surface area (Å²) in [4.78, 5) is 0. The number of ether oxygens (including phenoxy) is 3. The minimum absolute atomic E-state index is 0.475. The Hall–Kier alpha value is 0.190. The Kier molecular flexibility index (Phi) is 22.4. The minimum atomic E-state index is -1.37. The fourth-order valence-electron chi connectivity index (χ4n) is 1.67. The van der Waals surface area contributed by atoms with E-state index in [1.807, 2.05) is 0 Å². The fourth-order valence-corrected chi connectivity index (χ4v) is 2.56. The maximum absolute atomic E-state index is 5.66. The highest BCUT2D eigenvalue weighted by Gasteiger charge is 2.12. The molecular weight excluding hydrogens is 343 g/mol. The molecule has 25 heavy (non-hydrogen) atoms. The van der Waals surface area contributed by atoms with Crippen LogP contribution in [-0.4, -0.2) is 59.5 Å². The van der Waals surface area contributed by atoms with Crippen LogP contribution < -0.4 is 0 Å². The van der Waals surface area contributed by atoms with E-state index < -0.39 is 8.60 Å². The SMILES string of the molecule is CCCCOCCOP(OCCOCCCC)OCCOCCCC. The molecule has 0 aromatic carbocycles. The van der Waals surface area contributed by atoms with Gasteiger partial charge in [0.1, 0.15) is 0 Å². The van der Waals surface area contributed by atoms with Crippen molar-refractivity contribution in [2.75, 3.05) is 59.5 Å². The Balaban J connectivity index is 3.76. The molecule has 0 heterocycles. The topological polar surface area (TPSA) is 55.4 Å². The fraction of sp³-hybridized carbons (Fsp3) is 1.00. The van der Waals surface area contributed by atoms with Crippen LogP contribution in [0.2, 0.25) is 0 Å². The summed E-state index contributed by atoms with van der Waals surface area (Å²) in [5.41, 5.74) is 0. The predicted octanol–water partition coefficient (Wildman–Crippen LogP) is 4.71. The maximum Gasteiger partial charge on any atom is 0.332 e. The molecule has 6 nitrogen and oxygen atoms in total. The van der Waals surface area contributed by atoms with Gasteiger partial charge in [0.25, 0.3) is 0 Å². The normalized spacial score (nSPS) is 11.5. The molecule has 0 spiro atoms. The van der Waals surface area contributed by atoms with Gasteiger partial charge >= 0.3 is 8.60 Å². The Labute approximate surface area is 155 Å². The molecule has 7 heteroatoms. The zero-order valence-electron chi connectivity index (χ0n) is 16.5. The molecule has 0 fully saturated rings. The van der Waals surface area contributed by atoms with Gasteiger partial charge < -0.3 is 27.8 Å². The van der Waals surface area contributed by atoms with Crippen molar-refractivity contribution in [2.24, 2.45) is 0 Å². The molecule has 0 aliphatic heterocycles. The second kappa shape index (κ2) is 22.2. The quantitative estimate of drug-likeness (QED) is 0.212. The summed E-state index contributed by atoms with van der Waals surface area (Å²) < 4.78 is 33.5. The molecule has 152 valence electrons. The number of rotatable bonds is 21. The van der Waals surface area contributed by atoms with Crippen molar-refractivity contribution >= 4 is 8.60 Å². The molecule has 0 saturated heterocycles. The third-order valence-corrected chi connectivity index (χ3v) is 4.38. The summed E-state index contributed by atoms with van der Waals surface area (Å²) in [6, 6.07) is 0. The first-order valence-corrected chi connectivity index (χ1v) is 10.9. The summed E-state index contributed by atoms with van der Waals surface area (Å²) in [7, 11) is -1.37. The third kappa shape index (κ3) is 20.4. The van der Waals surface area contributed by atoms with Gasteiger partial charge in [0.15, 0.2) is 0 Å². The summed E-state index contributed by atoms with van der Waals surface area (Å²) in [6.07, 6.45) is 6.63. The highest BCUT2D eigenvalue weighted by atomic mass is 31.2. The van der Waals surface area contributed by atoms with Crippen LogP contribution in [0.1, 0.15) is 59.3 Å². The van der Waals surface area contributed by atoms with Gasteiger partial charge in [-0.3, -0.25) is 0 Å². The first-order chi connectivity index (χ1) is 12.3. The molecule has 0 atom stereocenters. The van der Waals surface area contributed by atoms with Crippen LogP contribution in [0.5, 0.6) is 0 Å². The lowest BCUT2D eigenvalue weighted by atomic mass is 10.4. The highest BCUT2D eigenvalue weighted by molar-refractivity contribution is 7.41. The van der Waals surface area contributed by atoms with E-state index in [1.54, 1.807) is 0 Å². The Bertz CT molecular complexity index is 208. The van der Waals surface area contributed by atoms with Crippen molar-refractivity contribution in [3.05, 3.63) is 0 Å². The lowest BCUT2D eigenvalue weighted by molar-refractivity contribution is 0.0515. The molecule has 0 bridgehead atoms. The van der Waals surface area contributed by atoms with Gasteiger partial charge in [-0.05, 0) is 19.3 Å². The molecule has 0 aromatic heterocycles. The van der Waals surface area contributed by atoms with Crippen LogP contribution in [0.15, 0.2) is 0 Å². The van der Waals surface area contributed by atoms with Crippen LogP contribution in [0.4, 0.5) is 0 Å². The summed E-state index contributed by atoms with van der Waals surface area (Å²) in [6.45, 7) is 11.9. The van der Waals surface area contributed by atoms with Crippen LogP contribution in [0.3, 0.4) is 0 Å². The van der Waals surface area contributed by atoms with Gasteiger partial charge in [-0.15, -0.1) is 0 Å². The maximum atomic E-state index is 5.66. The third-order valence-electron chi connectivity index (χ3n) is 3.20. The molecule has 0 aliphatic rings. The monoisotopic (exact) mass is 382 g/mol. The number of unbranched alkanes of at least 4 members (excludes halogenated alkanes) is 3. The van der Waals surface area contributed by atoms with Gasteiger partial charge in [-0.25, -0.2) is 0 Å². The summed E-state index contributed by atoms with van der Waals surface area (Å²) in [5, 5.41) is 0. The lowest BCUT2D eigenvalue weighted by Gasteiger charge is -2.17. The van der Waals surface area contributed by atoms with Crippen molar-refractivity contribution in [1.29, 1.82) is 0 Å². The summed E-state index contributed by atoms with van der Waals surface area (Å²) >= 11 is 0. The predicted molar refractivity (Wildman–Crippen MR) is 102 cm³/mol. The molecular formula is C18H39O6P. The molecule has 0 unspecified atom stereocenters.